The highest BCUT2D eigenvalue weighted by atomic mass is 35.5. The summed E-state index contributed by atoms with van der Waals surface area (Å²) in [6.45, 7) is 3.12. The molecule has 2 atom stereocenters. The third-order valence-corrected chi connectivity index (χ3v) is 6.54. The number of nitrogens with zero attached hydrogens (tertiary/aromatic N) is 1. The lowest BCUT2D eigenvalue weighted by molar-refractivity contribution is -0.0893. The van der Waals surface area contributed by atoms with E-state index in [0.29, 0.717) is 12.1 Å². The Morgan fingerprint density at radius 1 is 1.23 bits per heavy atom. The second-order valence-electron chi connectivity index (χ2n) is 7.36. The fraction of sp³-hybridized carbons (Fsp3) is 0.588. The molecule has 0 spiro atoms. The number of sulfonamides is 1. The number of carbonyl (C=O) groups excluding carboxylic acids is 1. The second kappa shape index (κ2) is 8.09. The molecule has 176 valence electrons. The van der Waals surface area contributed by atoms with Crippen LogP contribution in [0.4, 0.5) is 26.3 Å². The smallest absolute Gasteiger partial charge is 0.483 e. The van der Waals surface area contributed by atoms with Crippen molar-refractivity contribution in [2.75, 3.05) is 6.54 Å². The molecule has 1 heterocycles. The first-order valence-electron chi connectivity index (χ1n) is 8.76. The fourth-order valence-electron chi connectivity index (χ4n) is 3.19. The van der Waals surface area contributed by atoms with Crippen LogP contribution >= 0.6 is 11.6 Å². The predicted octanol–water partition coefficient (Wildman–Crippen LogP) is 4.22. The van der Waals surface area contributed by atoms with Gasteiger partial charge in [-0.3, -0.25) is 4.79 Å². The van der Waals surface area contributed by atoms with Gasteiger partial charge in [0.1, 0.15) is 17.5 Å². The van der Waals surface area contributed by atoms with E-state index >= 15 is 0 Å². The van der Waals surface area contributed by atoms with Crippen LogP contribution in [0, 0.1) is 0 Å². The SMILES string of the molecule is CCCN([C@H]1c2cc(C(=O)C(F)(F)F)cc(Cl)c2OC(C)(C)[C@@H]1O)S(=O)(=O)C(F)(F)F. The Kier molecular flexibility index (Phi) is 6.70. The number of fused-ring (bicyclic) bond motifs is 1. The molecule has 0 unspecified atom stereocenters. The van der Waals surface area contributed by atoms with Gasteiger partial charge in [-0.2, -0.15) is 30.6 Å². The fourth-order valence-corrected chi connectivity index (χ4v) is 4.67. The number of aliphatic hydroxyl groups is 1. The molecular weight excluding hydrogens is 480 g/mol. The predicted molar refractivity (Wildman–Crippen MR) is 97.3 cm³/mol. The number of benzene rings is 1. The van der Waals surface area contributed by atoms with Gasteiger partial charge in [0.15, 0.2) is 0 Å². The number of ketones is 1. The van der Waals surface area contributed by atoms with Crippen molar-refractivity contribution in [1.29, 1.82) is 0 Å². The zero-order valence-electron chi connectivity index (χ0n) is 16.3. The number of halogens is 7. The summed E-state index contributed by atoms with van der Waals surface area (Å²) in [5, 5.41) is 10.1. The normalized spacial score (nSPS) is 21.5. The molecule has 1 aromatic rings. The monoisotopic (exact) mass is 497 g/mol. The van der Waals surface area contributed by atoms with Gasteiger partial charge in [-0.05, 0) is 32.4 Å². The average molecular weight is 498 g/mol. The van der Waals surface area contributed by atoms with Gasteiger partial charge < -0.3 is 9.84 Å². The molecule has 0 saturated carbocycles. The van der Waals surface area contributed by atoms with Gasteiger partial charge in [0.05, 0.1) is 11.1 Å². The molecule has 0 amide bonds. The second-order valence-corrected chi connectivity index (χ2v) is 9.65. The quantitative estimate of drug-likeness (QED) is 0.486. The lowest BCUT2D eigenvalue weighted by atomic mass is 9.85. The Bertz CT molecular complexity index is 976. The molecule has 31 heavy (non-hydrogen) atoms. The number of hydrogen-bond acceptors (Lipinski definition) is 5. The van der Waals surface area contributed by atoms with E-state index in [2.05, 4.69) is 0 Å². The van der Waals surface area contributed by atoms with Gasteiger partial charge in [-0.1, -0.05) is 18.5 Å². The van der Waals surface area contributed by atoms with E-state index in [4.69, 9.17) is 16.3 Å². The standard InChI is InChI=1S/C17H18ClF6NO5S/c1-4-5-25(31(28,29)17(22,23)24)11-9-6-8(13(26)16(19,20)21)7-10(18)12(9)30-15(2,3)14(11)27/h6-7,11,14,27H,4-5H2,1-3H3/t11-,14+/m0/s1. The summed E-state index contributed by atoms with van der Waals surface area (Å²) in [6.07, 6.45) is -7.40. The highest BCUT2D eigenvalue weighted by Gasteiger charge is 2.57. The molecule has 0 bridgehead atoms. The number of hydrogen-bond donors (Lipinski definition) is 1. The lowest BCUT2D eigenvalue weighted by Crippen LogP contribution is -2.56. The van der Waals surface area contributed by atoms with Gasteiger partial charge in [0, 0.05) is 17.7 Å². The molecule has 6 nitrogen and oxygen atoms in total. The van der Waals surface area contributed by atoms with Crippen LogP contribution in [-0.4, -0.2) is 53.5 Å². The number of ether oxygens (including phenoxy) is 1. The summed E-state index contributed by atoms with van der Waals surface area (Å²) in [4.78, 5) is 11.7. The van der Waals surface area contributed by atoms with Crippen molar-refractivity contribution < 1.29 is 49.4 Å². The van der Waals surface area contributed by atoms with Crippen LogP contribution < -0.4 is 4.74 Å². The zero-order valence-corrected chi connectivity index (χ0v) is 17.9. The molecular formula is C17H18ClF6NO5S. The van der Waals surface area contributed by atoms with Crippen LogP contribution in [0.25, 0.3) is 0 Å². The summed E-state index contributed by atoms with van der Waals surface area (Å²) in [7, 11) is -6.03. The lowest BCUT2D eigenvalue weighted by Gasteiger charge is -2.46. The van der Waals surface area contributed by atoms with E-state index in [-0.39, 0.29) is 10.7 Å². The summed E-state index contributed by atoms with van der Waals surface area (Å²) < 4.78 is 109. The number of carbonyl (C=O) groups is 1. The molecule has 14 heteroatoms. The Hall–Kier alpha value is -1.57. The first-order valence-corrected chi connectivity index (χ1v) is 10.6. The van der Waals surface area contributed by atoms with E-state index < -0.39 is 73.7 Å². The van der Waals surface area contributed by atoms with Gasteiger partial charge in [0.2, 0.25) is 0 Å². The van der Waals surface area contributed by atoms with E-state index in [1.807, 2.05) is 0 Å². The molecule has 2 rings (SSSR count). The molecule has 1 aliphatic heterocycles. The summed E-state index contributed by atoms with van der Waals surface area (Å²) >= 11 is 5.95. The number of rotatable bonds is 5. The average Bonchev–Trinajstić information content (AvgIpc) is 2.59. The first-order chi connectivity index (χ1) is 13.9. The van der Waals surface area contributed by atoms with Gasteiger partial charge >= 0.3 is 21.7 Å². The highest BCUT2D eigenvalue weighted by molar-refractivity contribution is 7.90. The summed E-state index contributed by atoms with van der Waals surface area (Å²) in [5.74, 6) is -2.78. The molecule has 1 aromatic carbocycles. The van der Waals surface area contributed by atoms with Crippen molar-refractivity contribution in [1.82, 2.24) is 4.31 Å². The number of Topliss-reactive ketones (excluding diaryl/α,β-unsaturated/α-hetero) is 1. The Labute approximate surface area is 178 Å². The minimum Gasteiger partial charge on any atom is -0.483 e. The molecule has 0 aromatic heterocycles. The van der Waals surface area contributed by atoms with Crippen LogP contribution in [0.5, 0.6) is 5.75 Å². The van der Waals surface area contributed by atoms with Crippen molar-refractivity contribution in [3.8, 4) is 5.75 Å². The van der Waals surface area contributed by atoms with E-state index in [0.717, 1.165) is 0 Å². The summed E-state index contributed by atoms with van der Waals surface area (Å²) in [5.41, 5.74) is -9.07. The largest absolute Gasteiger partial charge is 0.511 e. The Balaban J connectivity index is 2.84. The molecule has 0 aliphatic carbocycles. The van der Waals surface area contributed by atoms with Gasteiger partial charge in [-0.15, -0.1) is 0 Å². The topological polar surface area (TPSA) is 83.9 Å². The van der Waals surface area contributed by atoms with Crippen LogP contribution in [0.15, 0.2) is 12.1 Å². The molecule has 0 radical (unpaired) electrons. The third kappa shape index (κ3) is 4.64. The van der Waals surface area contributed by atoms with Gasteiger partial charge in [-0.25, -0.2) is 8.42 Å². The van der Waals surface area contributed by atoms with E-state index in [1.165, 1.54) is 20.8 Å². The third-order valence-electron chi connectivity index (χ3n) is 4.64. The number of aliphatic hydroxyl groups excluding tert-OH is 1. The highest BCUT2D eigenvalue weighted by Crippen LogP contribution is 2.49. The van der Waals surface area contributed by atoms with Crippen molar-refractivity contribution >= 4 is 27.4 Å². The maximum atomic E-state index is 13.3. The summed E-state index contributed by atoms with van der Waals surface area (Å²) in [6, 6.07) is -0.873. The Morgan fingerprint density at radius 3 is 2.23 bits per heavy atom. The first kappa shape index (κ1) is 25.7. The maximum absolute atomic E-state index is 13.3. The molecule has 0 fully saturated rings. The van der Waals surface area contributed by atoms with Crippen LogP contribution in [-0.2, 0) is 10.0 Å². The Morgan fingerprint density at radius 2 is 1.77 bits per heavy atom. The number of alkyl halides is 6. The molecule has 1 N–H and O–H groups in total. The van der Waals surface area contributed by atoms with Crippen molar-refractivity contribution in [3.05, 3.63) is 28.3 Å². The van der Waals surface area contributed by atoms with Crippen molar-refractivity contribution in [2.45, 2.75) is 56.6 Å². The van der Waals surface area contributed by atoms with Crippen LogP contribution in [0.1, 0.15) is 49.2 Å². The van der Waals surface area contributed by atoms with Gasteiger partial charge in [0.25, 0.3) is 5.78 Å². The van der Waals surface area contributed by atoms with Crippen molar-refractivity contribution in [2.24, 2.45) is 0 Å². The van der Waals surface area contributed by atoms with Crippen LogP contribution in [0.3, 0.4) is 0 Å². The van der Waals surface area contributed by atoms with Crippen molar-refractivity contribution in [3.63, 3.8) is 0 Å². The minimum absolute atomic E-state index is 0.0566. The molecule has 1 aliphatic rings. The van der Waals surface area contributed by atoms with E-state index in [1.54, 1.807) is 0 Å². The molecule has 0 saturated heterocycles. The minimum atomic E-state index is -6.03. The van der Waals surface area contributed by atoms with E-state index in [9.17, 15) is 44.7 Å². The zero-order chi connectivity index (χ0) is 24.2. The maximum Gasteiger partial charge on any atom is 0.511 e. The van der Waals surface area contributed by atoms with Crippen LogP contribution in [0.2, 0.25) is 5.02 Å².